The number of pyridine rings is 1. The van der Waals surface area contributed by atoms with Crippen molar-refractivity contribution in [2.45, 2.75) is 13.5 Å². The maximum Gasteiger partial charge on any atom is 0.222 e. The summed E-state index contributed by atoms with van der Waals surface area (Å²) in [7, 11) is 4.06. The van der Waals surface area contributed by atoms with Gasteiger partial charge in [0.2, 0.25) is 5.95 Å². The third-order valence-electron chi connectivity index (χ3n) is 4.86. The number of likely N-dealkylation sites (N-methyl/N-ethyl adjacent to an activating group) is 1. The van der Waals surface area contributed by atoms with Crippen molar-refractivity contribution in [2.75, 3.05) is 33.0 Å². The molecule has 4 aromatic rings. The van der Waals surface area contributed by atoms with E-state index in [9.17, 15) is 0 Å². The monoisotopic (exact) mass is 403 g/mol. The van der Waals surface area contributed by atoms with Crippen LogP contribution in [-0.2, 0) is 6.54 Å². The molecule has 3 aromatic heterocycles. The van der Waals surface area contributed by atoms with E-state index < -0.39 is 0 Å². The first-order valence-electron chi connectivity index (χ1n) is 9.88. The van der Waals surface area contributed by atoms with Crippen LogP contribution in [0.1, 0.15) is 6.92 Å². The number of nitrogens with zero attached hydrogens (tertiary/aromatic N) is 6. The van der Waals surface area contributed by atoms with E-state index in [1.165, 1.54) is 0 Å². The molecule has 2 N–H and O–H groups in total. The first kappa shape index (κ1) is 19.8. The minimum absolute atomic E-state index is 0.239. The Bertz CT molecular complexity index is 1150. The molecule has 0 radical (unpaired) electrons. The van der Waals surface area contributed by atoms with Gasteiger partial charge in [-0.2, -0.15) is 4.98 Å². The van der Waals surface area contributed by atoms with Crippen molar-refractivity contribution in [3.05, 3.63) is 48.9 Å². The summed E-state index contributed by atoms with van der Waals surface area (Å²) in [6.45, 7) is 4.29. The van der Waals surface area contributed by atoms with Gasteiger partial charge in [-0.15, -0.1) is 0 Å². The highest BCUT2D eigenvalue weighted by molar-refractivity contribution is 5.85. The normalized spacial score (nSPS) is 11.3. The molecule has 0 saturated heterocycles. The maximum atomic E-state index is 5.81. The molecule has 0 amide bonds. The second-order valence-corrected chi connectivity index (χ2v) is 7.21. The van der Waals surface area contributed by atoms with E-state index in [1.807, 2.05) is 55.2 Å². The standard InChI is InChI=1S/C22H25N7O/c1-4-29-20(26-19-14-25-22(23)27-21(19)29)17-9-10-24-13-18(17)15-5-7-16(8-6-15)30-12-11-28(2)3/h5-10,13-14H,4,11-12H2,1-3H3,(H2,23,25,27). The van der Waals surface area contributed by atoms with E-state index in [-0.39, 0.29) is 5.95 Å². The number of rotatable bonds is 7. The Morgan fingerprint density at radius 2 is 1.83 bits per heavy atom. The molecule has 0 unspecified atom stereocenters. The van der Waals surface area contributed by atoms with Crippen LogP contribution < -0.4 is 10.5 Å². The fourth-order valence-corrected chi connectivity index (χ4v) is 3.33. The summed E-state index contributed by atoms with van der Waals surface area (Å²) < 4.78 is 7.86. The predicted octanol–water partition coefficient (Wildman–Crippen LogP) is 3.10. The molecular formula is C22H25N7O. The van der Waals surface area contributed by atoms with Gasteiger partial charge < -0.3 is 19.9 Å². The van der Waals surface area contributed by atoms with Crippen molar-refractivity contribution in [1.29, 1.82) is 0 Å². The van der Waals surface area contributed by atoms with Crippen molar-refractivity contribution < 1.29 is 4.74 Å². The molecule has 0 spiro atoms. The molecule has 4 rings (SSSR count). The second kappa shape index (κ2) is 8.46. The first-order valence-corrected chi connectivity index (χ1v) is 9.88. The highest BCUT2D eigenvalue weighted by atomic mass is 16.5. The lowest BCUT2D eigenvalue weighted by molar-refractivity contribution is 0.261. The SMILES string of the molecule is CCn1c(-c2ccncc2-c2ccc(OCCN(C)C)cc2)nc2cnc(N)nc21. The second-order valence-electron chi connectivity index (χ2n) is 7.21. The van der Waals surface area contributed by atoms with Crippen LogP contribution in [0.5, 0.6) is 5.75 Å². The van der Waals surface area contributed by atoms with Crippen molar-refractivity contribution in [2.24, 2.45) is 0 Å². The van der Waals surface area contributed by atoms with E-state index in [2.05, 4.69) is 26.8 Å². The van der Waals surface area contributed by atoms with Crippen LogP contribution in [0.2, 0.25) is 0 Å². The third-order valence-corrected chi connectivity index (χ3v) is 4.86. The predicted molar refractivity (Wildman–Crippen MR) is 118 cm³/mol. The van der Waals surface area contributed by atoms with Crippen molar-refractivity contribution >= 4 is 17.1 Å². The van der Waals surface area contributed by atoms with E-state index >= 15 is 0 Å². The van der Waals surface area contributed by atoms with E-state index in [1.54, 1.807) is 12.4 Å². The molecule has 0 saturated carbocycles. The largest absolute Gasteiger partial charge is 0.492 e. The molecule has 0 aliphatic carbocycles. The van der Waals surface area contributed by atoms with Gasteiger partial charge in [-0.05, 0) is 44.8 Å². The number of aromatic nitrogens is 5. The summed E-state index contributed by atoms with van der Waals surface area (Å²) in [5.74, 6) is 1.90. The fourth-order valence-electron chi connectivity index (χ4n) is 3.33. The Morgan fingerprint density at radius 1 is 1.03 bits per heavy atom. The minimum Gasteiger partial charge on any atom is -0.492 e. The zero-order chi connectivity index (χ0) is 21.1. The van der Waals surface area contributed by atoms with Crippen molar-refractivity contribution in [3.63, 3.8) is 0 Å². The Balaban J connectivity index is 1.71. The van der Waals surface area contributed by atoms with Crippen LogP contribution in [0.4, 0.5) is 5.95 Å². The molecule has 8 heteroatoms. The van der Waals surface area contributed by atoms with Gasteiger partial charge in [0.25, 0.3) is 0 Å². The van der Waals surface area contributed by atoms with Crippen LogP contribution in [-0.4, -0.2) is 56.6 Å². The molecule has 154 valence electrons. The average molecular weight is 403 g/mol. The van der Waals surface area contributed by atoms with E-state index in [4.69, 9.17) is 15.5 Å². The number of hydrogen-bond donors (Lipinski definition) is 1. The first-order chi connectivity index (χ1) is 14.6. The molecule has 1 aromatic carbocycles. The minimum atomic E-state index is 0.239. The van der Waals surface area contributed by atoms with Crippen LogP contribution in [0.25, 0.3) is 33.7 Å². The number of nitrogen functional groups attached to an aromatic ring is 1. The van der Waals surface area contributed by atoms with Crippen molar-refractivity contribution in [1.82, 2.24) is 29.4 Å². The number of ether oxygens (including phenoxy) is 1. The topological polar surface area (TPSA) is 95.0 Å². The molecule has 0 fully saturated rings. The number of hydrogen-bond acceptors (Lipinski definition) is 7. The molecule has 0 atom stereocenters. The molecule has 0 aliphatic rings. The number of fused-ring (bicyclic) bond motifs is 1. The van der Waals surface area contributed by atoms with Gasteiger partial charge in [-0.1, -0.05) is 12.1 Å². The van der Waals surface area contributed by atoms with Gasteiger partial charge >= 0.3 is 0 Å². The summed E-state index contributed by atoms with van der Waals surface area (Å²) >= 11 is 0. The summed E-state index contributed by atoms with van der Waals surface area (Å²) in [6, 6.07) is 10.0. The Kier molecular flexibility index (Phi) is 5.58. The lowest BCUT2D eigenvalue weighted by Gasteiger charge is -2.13. The Hall–Kier alpha value is -3.52. The van der Waals surface area contributed by atoms with E-state index in [0.29, 0.717) is 18.7 Å². The zero-order valence-electron chi connectivity index (χ0n) is 17.4. The van der Waals surface area contributed by atoms with Crippen LogP contribution in [0, 0.1) is 0 Å². The van der Waals surface area contributed by atoms with Gasteiger partial charge in [0.05, 0.1) is 6.20 Å². The summed E-state index contributed by atoms with van der Waals surface area (Å²) in [6.07, 6.45) is 5.29. The summed E-state index contributed by atoms with van der Waals surface area (Å²) in [5.41, 5.74) is 10.2. The molecule has 3 heterocycles. The van der Waals surface area contributed by atoms with Crippen LogP contribution in [0.3, 0.4) is 0 Å². The van der Waals surface area contributed by atoms with Gasteiger partial charge in [-0.25, -0.2) is 9.97 Å². The quantitative estimate of drug-likeness (QED) is 0.507. The number of aryl methyl sites for hydroxylation is 1. The van der Waals surface area contributed by atoms with Gasteiger partial charge in [0.1, 0.15) is 23.7 Å². The Morgan fingerprint density at radius 3 is 2.57 bits per heavy atom. The van der Waals surface area contributed by atoms with E-state index in [0.717, 1.165) is 40.5 Å². The molecule has 0 aliphatic heterocycles. The van der Waals surface area contributed by atoms with Crippen LogP contribution in [0.15, 0.2) is 48.9 Å². The zero-order valence-corrected chi connectivity index (χ0v) is 17.4. The lowest BCUT2D eigenvalue weighted by atomic mass is 10.0. The lowest BCUT2D eigenvalue weighted by Crippen LogP contribution is -2.19. The smallest absolute Gasteiger partial charge is 0.222 e. The van der Waals surface area contributed by atoms with Crippen molar-refractivity contribution in [3.8, 4) is 28.3 Å². The number of anilines is 1. The summed E-state index contributed by atoms with van der Waals surface area (Å²) in [5, 5.41) is 0. The van der Waals surface area contributed by atoms with Gasteiger partial charge in [0, 0.05) is 36.6 Å². The number of nitrogens with two attached hydrogens (primary N) is 1. The van der Waals surface area contributed by atoms with Crippen LogP contribution >= 0.6 is 0 Å². The average Bonchev–Trinajstić information content (AvgIpc) is 3.11. The number of imidazole rings is 1. The summed E-state index contributed by atoms with van der Waals surface area (Å²) in [4.78, 5) is 19.7. The molecule has 30 heavy (non-hydrogen) atoms. The number of benzene rings is 1. The molecular weight excluding hydrogens is 378 g/mol. The maximum absolute atomic E-state index is 5.81. The molecule has 8 nitrogen and oxygen atoms in total. The third kappa shape index (κ3) is 3.95. The highest BCUT2D eigenvalue weighted by Gasteiger charge is 2.17. The molecule has 0 bridgehead atoms. The Labute approximate surface area is 175 Å². The highest BCUT2D eigenvalue weighted by Crippen LogP contribution is 2.33. The van der Waals surface area contributed by atoms with Gasteiger partial charge in [-0.3, -0.25) is 4.98 Å². The fraction of sp³-hybridized carbons (Fsp3) is 0.273. The van der Waals surface area contributed by atoms with Gasteiger partial charge in [0.15, 0.2) is 5.65 Å².